The summed E-state index contributed by atoms with van der Waals surface area (Å²) in [6.07, 6.45) is 0. The van der Waals surface area contributed by atoms with Gasteiger partial charge in [0.2, 0.25) is 0 Å². The van der Waals surface area contributed by atoms with Crippen LogP contribution >= 0.6 is 15.9 Å². The van der Waals surface area contributed by atoms with Gasteiger partial charge in [-0.1, -0.05) is 0 Å². The lowest BCUT2D eigenvalue weighted by molar-refractivity contribution is 0.0962. The Labute approximate surface area is 96.7 Å². The number of hydrogen-bond acceptors (Lipinski definition) is 3. The van der Waals surface area contributed by atoms with Gasteiger partial charge in [0, 0.05) is 12.6 Å². The average Bonchev–Trinajstić information content (AvgIpc) is 2.28. The molecule has 1 rings (SSSR count). The molecule has 0 unspecified atom stereocenters. The molecule has 0 saturated heterocycles. The molecule has 1 aromatic rings. The molecule has 0 aliphatic carbocycles. The van der Waals surface area contributed by atoms with Gasteiger partial charge in [0.15, 0.2) is 0 Å². The Hall–Kier alpha value is -1.23. The van der Waals surface area contributed by atoms with Crippen molar-refractivity contribution in [2.24, 2.45) is 0 Å². The number of benzene rings is 1. The summed E-state index contributed by atoms with van der Waals surface area (Å²) in [5, 5.41) is 2.54. The molecule has 0 aliphatic heterocycles. The summed E-state index contributed by atoms with van der Waals surface area (Å²) in [7, 11) is 4.64. The summed E-state index contributed by atoms with van der Waals surface area (Å²) < 4.78 is 10.9. The highest BCUT2D eigenvalue weighted by Crippen LogP contribution is 2.35. The molecule has 15 heavy (non-hydrogen) atoms. The highest BCUT2D eigenvalue weighted by atomic mass is 79.9. The van der Waals surface area contributed by atoms with Gasteiger partial charge < -0.3 is 14.8 Å². The van der Waals surface area contributed by atoms with Crippen molar-refractivity contribution in [3.8, 4) is 11.5 Å². The molecule has 0 saturated carbocycles. The highest BCUT2D eigenvalue weighted by molar-refractivity contribution is 9.10. The van der Waals surface area contributed by atoms with E-state index in [-0.39, 0.29) is 5.91 Å². The zero-order valence-electron chi connectivity index (χ0n) is 8.76. The number of amides is 1. The Morgan fingerprint density at radius 3 is 2.07 bits per heavy atom. The Bertz CT molecular complexity index is 354. The molecular formula is C10H12BrNO3. The number of methoxy groups -OCH3 is 2. The minimum Gasteiger partial charge on any atom is -0.495 e. The predicted molar refractivity (Wildman–Crippen MR) is 60.6 cm³/mol. The van der Waals surface area contributed by atoms with Gasteiger partial charge in [-0.05, 0) is 28.1 Å². The first-order valence-electron chi connectivity index (χ1n) is 4.27. The number of ether oxygens (including phenoxy) is 2. The number of nitrogens with one attached hydrogen (secondary N) is 1. The Morgan fingerprint density at radius 2 is 1.73 bits per heavy atom. The first-order chi connectivity index (χ1) is 7.13. The fourth-order valence-corrected chi connectivity index (χ4v) is 1.70. The third-order valence-corrected chi connectivity index (χ3v) is 2.72. The molecule has 5 heteroatoms. The lowest BCUT2D eigenvalue weighted by Gasteiger charge is -2.10. The van der Waals surface area contributed by atoms with E-state index in [0.29, 0.717) is 21.5 Å². The van der Waals surface area contributed by atoms with Crippen LogP contribution in [0.15, 0.2) is 16.6 Å². The van der Waals surface area contributed by atoms with E-state index in [1.54, 1.807) is 19.2 Å². The molecule has 0 bridgehead atoms. The third-order valence-electron chi connectivity index (χ3n) is 1.93. The Balaban J connectivity index is 3.26. The van der Waals surface area contributed by atoms with Crippen LogP contribution in [-0.2, 0) is 0 Å². The van der Waals surface area contributed by atoms with Crippen LogP contribution in [0, 0.1) is 0 Å². The molecule has 4 nitrogen and oxygen atoms in total. The first-order valence-corrected chi connectivity index (χ1v) is 5.07. The van der Waals surface area contributed by atoms with Gasteiger partial charge in [-0.15, -0.1) is 0 Å². The topological polar surface area (TPSA) is 47.6 Å². The SMILES string of the molecule is CNC(=O)c1cc(OC)c(Br)c(OC)c1. The summed E-state index contributed by atoms with van der Waals surface area (Å²) in [5.41, 5.74) is 0.495. The first kappa shape index (κ1) is 11.8. The van der Waals surface area contributed by atoms with E-state index < -0.39 is 0 Å². The van der Waals surface area contributed by atoms with Crippen LogP contribution in [0.25, 0.3) is 0 Å². The summed E-state index contributed by atoms with van der Waals surface area (Å²) in [6, 6.07) is 3.29. The van der Waals surface area contributed by atoms with Crippen molar-refractivity contribution in [3.05, 3.63) is 22.2 Å². The van der Waals surface area contributed by atoms with E-state index in [4.69, 9.17) is 9.47 Å². The van der Waals surface area contributed by atoms with Crippen LogP contribution < -0.4 is 14.8 Å². The number of carbonyl (C=O) groups excluding carboxylic acids is 1. The van der Waals surface area contributed by atoms with Gasteiger partial charge in [0.05, 0.1) is 14.2 Å². The van der Waals surface area contributed by atoms with Crippen molar-refractivity contribution >= 4 is 21.8 Å². The van der Waals surface area contributed by atoms with Gasteiger partial charge in [0.25, 0.3) is 5.91 Å². The second-order valence-electron chi connectivity index (χ2n) is 2.77. The fraction of sp³-hybridized carbons (Fsp3) is 0.300. The molecule has 1 N–H and O–H groups in total. The minimum atomic E-state index is -0.181. The Morgan fingerprint density at radius 1 is 1.27 bits per heavy atom. The van der Waals surface area contributed by atoms with Gasteiger partial charge in [-0.25, -0.2) is 0 Å². The maximum atomic E-state index is 11.4. The van der Waals surface area contributed by atoms with E-state index in [2.05, 4.69) is 21.2 Å². The van der Waals surface area contributed by atoms with E-state index in [1.807, 2.05) is 0 Å². The molecule has 82 valence electrons. The van der Waals surface area contributed by atoms with Crippen molar-refractivity contribution in [2.75, 3.05) is 21.3 Å². The van der Waals surface area contributed by atoms with Gasteiger partial charge in [-0.2, -0.15) is 0 Å². The van der Waals surface area contributed by atoms with Crippen molar-refractivity contribution in [1.82, 2.24) is 5.32 Å². The van der Waals surface area contributed by atoms with Crippen LogP contribution in [0.2, 0.25) is 0 Å². The largest absolute Gasteiger partial charge is 0.495 e. The number of rotatable bonds is 3. The maximum Gasteiger partial charge on any atom is 0.251 e. The van der Waals surface area contributed by atoms with Gasteiger partial charge in [-0.3, -0.25) is 4.79 Å². The van der Waals surface area contributed by atoms with Crippen molar-refractivity contribution < 1.29 is 14.3 Å². The fourth-order valence-electron chi connectivity index (χ4n) is 1.14. The molecule has 0 aliphatic rings. The molecule has 0 radical (unpaired) electrons. The molecule has 1 aromatic carbocycles. The van der Waals surface area contributed by atoms with Crippen LogP contribution in [-0.4, -0.2) is 27.2 Å². The normalized spacial score (nSPS) is 9.60. The summed E-state index contributed by atoms with van der Waals surface area (Å²) in [4.78, 5) is 11.4. The molecular weight excluding hydrogens is 262 g/mol. The van der Waals surface area contributed by atoms with Crippen LogP contribution in [0.4, 0.5) is 0 Å². The molecule has 0 heterocycles. The zero-order valence-corrected chi connectivity index (χ0v) is 10.3. The number of halogens is 1. The second kappa shape index (κ2) is 5.02. The summed E-state index contributed by atoms with van der Waals surface area (Å²) in [6.45, 7) is 0. The number of hydrogen-bond donors (Lipinski definition) is 1. The molecule has 0 atom stereocenters. The maximum absolute atomic E-state index is 11.4. The lowest BCUT2D eigenvalue weighted by Crippen LogP contribution is -2.17. The van der Waals surface area contributed by atoms with Crippen LogP contribution in [0.3, 0.4) is 0 Å². The van der Waals surface area contributed by atoms with Gasteiger partial charge >= 0.3 is 0 Å². The third kappa shape index (κ3) is 2.41. The average molecular weight is 274 g/mol. The predicted octanol–water partition coefficient (Wildman–Crippen LogP) is 1.83. The number of carbonyl (C=O) groups is 1. The van der Waals surface area contributed by atoms with Gasteiger partial charge in [0.1, 0.15) is 16.0 Å². The smallest absolute Gasteiger partial charge is 0.251 e. The standard InChI is InChI=1S/C10H12BrNO3/c1-12-10(13)6-4-7(14-2)9(11)8(5-6)15-3/h4-5H,1-3H3,(H,12,13). The van der Waals surface area contributed by atoms with Crippen molar-refractivity contribution in [2.45, 2.75) is 0 Å². The molecule has 1 amide bonds. The summed E-state index contributed by atoms with van der Waals surface area (Å²) in [5.74, 6) is 0.944. The quantitative estimate of drug-likeness (QED) is 0.914. The highest BCUT2D eigenvalue weighted by Gasteiger charge is 2.13. The molecule has 0 fully saturated rings. The van der Waals surface area contributed by atoms with Crippen molar-refractivity contribution in [3.63, 3.8) is 0 Å². The van der Waals surface area contributed by atoms with Crippen molar-refractivity contribution in [1.29, 1.82) is 0 Å². The second-order valence-corrected chi connectivity index (χ2v) is 3.57. The van der Waals surface area contributed by atoms with Crippen LogP contribution in [0.5, 0.6) is 11.5 Å². The van der Waals surface area contributed by atoms with Crippen LogP contribution in [0.1, 0.15) is 10.4 Å². The molecule has 0 aromatic heterocycles. The van der Waals surface area contributed by atoms with E-state index in [0.717, 1.165) is 0 Å². The van der Waals surface area contributed by atoms with E-state index in [1.165, 1.54) is 14.2 Å². The lowest BCUT2D eigenvalue weighted by atomic mass is 10.2. The minimum absolute atomic E-state index is 0.181. The van der Waals surface area contributed by atoms with E-state index in [9.17, 15) is 4.79 Å². The summed E-state index contributed by atoms with van der Waals surface area (Å²) >= 11 is 3.33. The Kier molecular flexibility index (Phi) is 3.96. The monoisotopic (exact) mass is 273 g/mol. The zero-order chi connectivity index (χ0) is 11.4. The van der Waals surface area contributed by atoms with E-state index >= 15 is 0 Å². The molecule has 0 spiro atoms.